The van der Waals surface area contributed by atoms with Gasteiger partial charge in [-0.3, -0.25) is 0 Å². The normalized spacial score (nSPS) is 10.9. The summed E-state index contributed by atoms with van der Waals surface area (Å²) in [4.78, 5) is 9.32. The van der Waals surface area contributed by atoms with Crippen molar-refractivity contribution in [3.63, 3.8) is 0 Å². The van der Waals surface area contributed by atoms with Crippen molar-refractivity contribution in [2.24, 2.45) is 0 Å². The van der Waals surface area contributed by atoms with Gasteiger partial charge in [-0.1, -0.05) is 11.6 Å². The van der Waals surface area contributed by atoms with E-state index in [1.54, 1.807) is 0 Å². The molecule has 4 nitrogen and oxygen atoms in total. The number of halogens is 2. The van der Waals surface area contributed by atoms with Gasteiger partial charge in [0.05, 0.1) is 11.1 Å². The first kappa shape index (κ1) is 13.6. The fraction of sp³-hybridized carbons (Fsp3) is 0.0769. The predicted octanol–water partition coefficient (Wildman–Crippen LogP) is 4.74. The van der Waals surface area contributed by atoms with E-state index in [0.717, 1.165) is 25.9 Å². The second-order valence-electron chi connectivity index (χ2n) is 4.28. The number of hydrogen-bond donors (Lipinski definition) is 2. The largest absolute Gasteiger partial charge is 0.368 e. The second kappa shape index (κ2) is 5.20. The number of fused-ring (bicyclic) bond motifs is 1. The van der Waals surface area contributed by atoms with Crippen LogP contribution in [0.1, 0.15) is 5.56 Å². The molecule has 7 heteroatoms. The van der Waals surface area contributed by atoms with Crippen LogP contribution in [0.2, 0.25) is 5.02 Å². The summed E-state index contributed by atoms with van der Waals surface area (Å²) in [5.74, 6) is 0.922. The Balaban J connectivity index is 2.09. The number of rotatable bonds is 2. The maximum absolute atomic E-state index is 6.16. The molecule has 0 aliphatic rings. The van der Waals surface area contributed by atoms with Gasteiger partial charge in [0, 0.05) is 9.50 Å². The lowest BCUT2D eigenvalue weighted by atomic mass is 10.2. The van der Waals surface area contributed by atoms with E-state index >= 15 is 0 Å². The van der Waals surface area contributed by atoms with Crippen molar-refractivity contribution < 1.29 is 0 Å². The minimum absolute atomic E-state index is 0.247. The van der Waals surface area contributed by atoms with Gasteiger partial charge in [-0.05, 0) is 52.0 Å². The zero-order valence-corrected chi connectivity index (χ0v) is 13.6. The molecule has 0 unspecified atom stereocenters. The third kappa shape index (κ3) is 2.46. The molecule has 0 saturated carbocycles. The van der Waals surface area contributed by atoms with Crippen molar-refractivity contribution in [1.29, 1.82) is 0 Å². The first-order valence-corrected chi connectivity index (χ1v) is 7.83. The molecule has 2 aromatic heterocycles. The number of nitrogens with one attached hydrogen (secondary N) is 1. The van der Waals surface area contributed by atoms with Crippen LogP contribution in [-0.2, 0) is 0 Å². The number of hydrogen-bond acceptors (Lipinski definition) is 5. The molecule has 2 heterocycles. The van der Waals surface area contributed by atoms with Crippen LogP contribution < -0.4 is 11.1 Å². The topological polar surface area (TPSA) is 63.8 Å². The zero-order chi connectivity index (χ0) is 14.3. The molecule has 0 saturated heterocycles. The molecule has 20 heavy (non-hydrogen) atoms. The summed E-state index contributed by atoms with van der Waals surface area (Å²) >= 11 is 11.2. The molecule has 3 rings (SSSR count). The van der Waals surface area contributed by atoms with Gasteiger partial charge in [-0.2, -0.15) is 4.98 Å². The predicted molar refractivity (Wildman–Crippen MR) is 89.0 cm³/mol. The zero-order valence-electron chi connectivity index (χ0n) is 10.4. The highest BCUT2D eigenvalue weighted by Crippen LogP contribution is 2.33. The van der Waals surface area contributed by atoms with Gasteiger partial charge in [0.2, 0.25) is 5.95 Å². The summed E-state index contributed by atoms with van der Waals surface area (Å²) in [5.41, 5.74) is 7.58. The minimum atomic E-state index is 0.247. The Morgan fingerprint density at radius 1 is 1.35 bits per heavy atom. The molecule has 0 atom stereocenters. The summed E-state index contributed by atoms with van der Waals surface area (Å²) in [6, 6.07) is 5.78. The average Bonchev–Trinajstić information content (AvgIpc) is 2.84. The third-order valence-electron chi connectivity index (χ3n) is 2.84. The molecule has 3 aromatic rings. The van der Waals surface area contributed by atoms with E-state index in [-0.39, 0.29) is 5.95 Å². The van der Waals surface area contributed by atoms with Gasteiger partial charge in [0.15, 0.2) is 0 Å². The highest BCUT2D eigenvalue weighted by Gasteiger charge is 2.10. The van der Waals surface area contributed by atoms with Crippen molar-refractivity contribution in [3.05, 3.63) is 38.6 Å². The van der Waals surface area contributed by atoms with E-state index in [4.69, 9.17) is 17.3 Å². The van der Waals surface area contributed by atoms with Crippen LogP contribution in [0.4, 0.5) is 17.5 Å². The number of aryl methyl sites for hydroxylation is 1. The molecule has 0 aliphatic carbocycles. The Morgan fingerprint density at radius 3 is 2.95 bits per heavy atom. The average molecular weight is 370 g/mol. The number of thiophene rings is 1. The first-order chi connectivity index (χ1) is 9.54. The Hall–Kier alpha value is -1.37. The monoisotopic (exact) mass is 368 g/mol. The SMILES string of the molecule is Cc1cc(Br)c(Nc2nc(N)nc3sccc23)cc1Cl. The molecule has 0 spiro atoms. The van der Waals surface area contributed by atoms with E-state index in [1.807, 2.05) is 30.5 Å². The lowest BCUT2D eigenvalue weighted by Crippen LogP contribution is -2.00. The van der Waals surface area contributed by atoms with Gasteiger partial charge in [-0.25, -0.2) is 4.98 Å². The maximum Gasteiger partial charge on any atom is 0.223 e. The van der Waals surface area contributed by atoms with E-state index in [1.165, 1.54) is 11.3 Å². The molecule has 0 radical (unpaired) electrons. The van der Waals surface area contributed by atoms with Crippen molar-refractivity contribution in [3.8, 4) is 0 Å². The second-order valence-corrected chi connectivity index (χ2v) is 6.43. The molecule has 0 bridgehead atoms. The quantitative estimate of drug-likeness (QED) is 0.684. The van der Waals surface area contributed by atoms with Crippen LogP contribution in [0.3, 0.4) is 0 Å². The number of benzene rings is 1. The summed E-state index contributed by atoms with van der Waals surface area (Å²) in [6.45, 7) is 1.95. The van der Waals surface area contributed by atoms with Gasteiger partial charge < -0.3 is 11.1 Å². The molecular weight excluding hydrogens is 360 g/mol. The molecule has 102 valence electrons. The Labute approximate surface area is 133 Å². The van der Waals surface area contributed by atoms with Crippen LogP contribution in [0.15, 0.2) is 28.1 Å². The number of nitrogen functional groups attached to an aromatic ring is 1. The van der Waals surface area contributed by atoms with Gasteiger partial charge in [-0.15, -0.1) is 11.3 Å². The number of anilines is 3. The van der Waals surface area contributed by atoms with E-state index in [9.17, 15) is 0 Å². The highest BCUT2D eigenvalue weighted by molar-refractivity contribution is 9.10. The fourth-order valence-corrected chi connectivity index (χ4v) is 3.33. The van der Waals surface area contributed by atoms with E-state index < -0.39 is 0 Å². The maximum atomic E-state index is 6.16. The lowest BCUT2D eigenvalue weighted by Gasteiger charge is -2.11. The van der Waals surface area contributed by atoms with Crippen molar-refractivity contribution in [2.45, 2.75) is 6.92 Å². The van der Waals surface area contributed by atoms with Gasteiger partial charge in [0.25, 0.3) is 0 Å². The standard InChI is InChI=1S/C13H10BrClN4S/c1-6-4-8(14)10(5-9(6)15)17-11-7-2-3-20-12(7)19-13(16)18-11/h2-5H,1H3,(H3,16,17,18,19). The Bertz CT molecular complexity index is 802. The van der Waals surface area contributed by atoms with Crippen LogP contribution in [-0.4, -0.2) is 9.97 Å². The fourth-order valence-electron chi connectivity index (χ4n) is 1.84. The Morgan fingerprint density at radius 2 is 2.15 bits per heavy atom. The van der Waals surface area contributed by atoms with Gasteiger partial charge in [0.1, 0.15) is 10.6 Å². The third-order valence-corrected chi connectivity index (χ3v) is 4.71. The van der Waals surface area contributed by atoms with Crippen molar-refractivity contribution >= 4 is 66.5 Å². The van der Waals surface area contributed by atoms with E-state index in [2.05, 4.69) is 31.2 Å². The molecule has 1 aromatic carbocycles. The minimum Gasteiger partial charge on any atom is -0.368 e. The van der Waals surface area contributed by atoms with Crippen LogP contribution >= 0.6 is 38.9 Å². The molecule has 0 aliphatic heterocycles. The summed E-state index contributed by atoms with van der Waals surface area (Å²) in [5, 5.41) is 6.85. The highest BCUT2D eigenvalue weighted by atomic mass is 79.9. The molecular formula is C13H10BrClN4S. The lowest BCUT2D eigenvalue weighted by molar-refractivity contribution is 1.24. The smallest absolute Gasteiger partial charge is 0.223 e. The van der Waals surface area contributed by atoms with Crippen LogP contribution in [0.5, 0.6) is 0 Å². The Kier molecular flexibility index (Phi) is 3.54. The number of nitrogens with two attached hydrogens (primary N) is 1. The summed E-state index contributed by atoms with van der Waals surface area (Å²) in [7, 11) is 0. The van der Waals surface area contributed by atoms with Gasteiger partial charge >= 0.3 is 0 Å². The molecule has 0 fully saturated rings. The molecule has 0 amide bonds. The first-order valence-electron chi connectivity index (χ1n) is 5.78. The number of aromatic nitrogens is 2. The summed E-state index contributed by atoms with van der Waals surface area (Å²) in [6.07, 6.45) is 0. The van der Waals surface area contributed by atoms with Crippen molar-refractivity contribution in [1.82, 2.24) is 9.97 Å². The number of nitrogens with zero attached hydrogens (tertiary/aromatic N) is 2. The summed E-state index contributed by atoms with van der Waals surface area (Å²) < 4.78 is 0.917. The van der Waals surface area contributed by atoms with Crippen LogP contribution in [0.25, 0.3) is 10.2 Å². The van der Waals surface area contributed by atoms with Crippen molar-refractivity contribution in [2.75, 3.05) is 11.1 Å². The molecule has 3 N–H and O–H groups in total. The van der Waals surface area contributed by atoms with E-state index in [0.29, 0.717) is 10.8 Å². The van der Waals surface area contributed by atoms with Crippen LogP contribution in [0, 0.1) is 6.92 Å².